The van der Waals surface area contributed by atoms with Gasteiger partial charge in [-0.1, -0.05) is 36.8 Å². The minimum atomic E-state index is -3.64. The van der Waals surface area contributed by atoms with Crippen molar-refractivity contribution in [2.45, 2.75) is 49.1 Å². The molecule has 2 heterocycles. The molecule has 6 heteroatoms. The van der Waals surface area contributed by atoms with Gasteiger partial charge in [-0.2, -0.15) is 4.31 Å². The molecule has 4 rings (SSSR count). The van der Waals surface area contributed by atoms with E-state index in [1.807, 2.05) is 6.07 Å². The van der Waals surface area contributed by atoms with Crippen molar-refractivity contribution in [2.75, 3.05) is 13.1 Å². The van der Waals surface area contributed by atoms with Crippen LogP contribution >= 0.6 is 0 Å². The fraction of sp³-hybridized carbons (Fsp3) is 0.455. The van der Waals surface area contributed by atoms with E-state index in [-0.39, 0.29) is 23.8 Å². The van der Waals surface area contributed by atoms with Crippen molar-refractivity contribution in [2.24, 2.45) is 5.92 Å². The maximum absolute atomic E-state index is 13.5. The van der Waals surface area contributed by atoms with Crippen LogP contribution in [0.25, 0.3) is 0 Å². The van der Waals surface area contributed by atoms with Gasteiger partial charge in [-0.3, -0.25) is 0 Å². The molecular formula is C22H26FN2O2S. The molecule has 3 atom stereocenters. The molecule has 0 spiro atoms. The summed E-state index contributed by atoms with van der Waals surface area (Å²) in [6, 6.07) is 14.8. The normalized spacial score (nSPS) is 26.8. The number of sulfonamides is 1. The third-order valence-electron chi connectivity index (χ3n) is 5.99. The van der Waals surface area contributed by atoms with Gasteiger partial charge in [0, 0.05) is 19.1 Å². The van der Waals surface area contributed by atoms with Crippen LogP contribution in [-0.2, 0) is 10.0 Å². The number of halogens is 1. The average Bonchev–Trinajstić information content (AvgIpc) is 2.75. The Morgan fingerprint density at radius 1 is 0.929 bits per heavy atom. The van der Waals surface area contributed by atoms with E-state index < -0.39 is 10.0 Å². The van der Waals surface area contributed by atoms with Crippen LogP contribution < -0.4 is 5.32 Å². The van der Waals surface area contributed by atoms with Gasteiger partial charge in [-0.25, -0.2) is 18.1 Å². The molecule has 0 aromatic heterocycles. The number of hydrogen-bond donors (Lipinski definition) is 0. The van der Waals surface area contributed by atoms with Crippen LogP contribution in [0.1, 0.15) is 43.7 Å². The predicted molar refractivity (Wildman–Crippen MR) is 107 cm³/mol. The second-order valence-electron chi connectivity index (χ2n) is 7.76. The highest BCUT2D eigenvalue weighted by atomic mass is 32.2. The molecule has 2 aromatic rings. The van der Waals surface area contributed by atoms with Crippen molar-refractivity contribution in [1.29, 1.82) is 0 Å². The molecule has 1 radical (unpaired) electrons. The van der Waals surface area contributed by atoms with Crippen molar-refractivity contribution < 1.29 is 12.8 Å². The zero-order valence-electron chi connectivity index (χ0n) is 15.9. The molecule has 4 nitrogen and oxygen atoms in total. The molecule has 0 saturated carbocycles. The summed E-state index contributed by atoms with van der Waals surface area (Å²) in [5.74, 6) is -0.0635. The second kappa shape index (κ2) is 8.31. The van der Waals surface area contributed by atoms with Gasteiger partial charge in [0.1, 0.15) is 5.82 Å². The van der Waals surface area contributed by atoms with Crippen molar-refractivity contribution in [3.8, 4) is 0 Å². The first-order valence-electron chi connectivity index (χ1n) is 10.0. The van der Waals surface area contributed by atoms with Crippen molar-refractivity contribution in [3.63, 3.8) is 0 Å². The smallest absolute Gasteiger partial charge is 0.238 e. The van der Waals surface area contributed by atoms with Gasteiger partial charge < -0.3 is 0 Å². The van der Waals surface area contributed by atoms with Gasteiger partial charge in [-0.05, 0) is 61.4 Å². The first-order valence-corrected chi connectivity index (χ1v) is 11.5. The molecular weight excluding hydrogens is 375 g/mol. The fourth-order valence-electron chi connectivity index (χ4n) is 4.49. The first-order chi connectivity index (χ1) is 13.6. The van der Waals surface area contributed by atoms with E-state index in [4.69, 9.17) is 5.32 Å². The van der Waals surface area contributed by atoms with Gasteiger partial charge in [-0.15, -0.1) is 0 Å². The van der Waals surface area contributed by atoms with E-state index in [0.29, 0.717) is 11.4 Å². The van der Waals surface area contributed by atoms with Crippen molar-refractivity contribution >= 4 is 10.0 Å². The molecule has 0 amide bonds. The van der Waals surface area contributed by atoms with Gasteiger partial charge in [0.05, 0.1) is 10.9 Å². The van der Waals surface area contributed by atoms with Crippen LogP contribution in [-0.4, -0.2) is 31.9 Å². The molecule has 0 aliphatic carbocycles. The molecule has 2 aliphatic heterocycles. The second-order valence-corrected chi connectivity index (χ2v) is 9.65. The quantitative estimate of drug-likeness (QED) is 0.774. The first kappa shape index (κ1) is 19.6. The van der Waals surface area contributed by atoms with Crippen LogP contribution in [0.5, 0.6) is 0 Å². The molecule has 149 valence electrons. The number of nitrogens with zero attached hydrogens (tertiary/aromatic N) is 2. The highest BCUT2D eigenvalue weighted by Crippen LogP contribution is 2.39. The summed E-state index contributed by atoms with van der Waals surface area (Å²) in [4.78, 5) is 0.309. The van der Waals surface area contributed by atoms with Crippen LogP contribution in [0.4, 0.5) is 4.39 Å². The van der Waals surface area contributed by atoms with Crippen molar-refractivity contribution in [1.82, 2.24) is 9.62 Å². The lowest BCUT2D eigenvalue weighted by atomic mass is 9.83. The SMILES string of the molecule is O=S(=O)(c1ccccc1)N1CC(C2CCCC[N]2)CCC1c1ccc(F)cc1. The largest absolute Gasteiger partial charge is 0.243 e. The maximum atomic E-state index is 13.5. The van der Waals surface area contributed by atoms with Crippen LogP contribution in [0.2, 0.25) is 0 Å². The summed E-state index contributed by atoms with van der Waals surface area (Å²) in [7, 11) is -3.64. The Kier molecular flexibility index (Phi) is 5.80. The minimum Gasteiger partial charge on any atom is -0.238 e. The minimum absolute atomic E-state index is 0.246. The third-order valence-corrected chi connectivity index (χ3v) is 7.88. The molecule has 0 N–H and O–H groups in total. The Labute approximate surface area is 166 Å². The van der Waals surface area contributed by atoms with Crippen LogP contribution in [0.15, 0.2) is 59.5 Å². The van der Waals surface area contributed by atoms with Crippen LogP contribution in [0.3, 0.4) is 0 Å². The van der Waals surface area contributed by atoms with Gasteiger partial charge in [0.15, 0.2) is 0 Å². The molecule has 28 heavy (non-hydrogen) atoms. The van der Waals surface area contributed by atoms with Gasteiger partial charge in [0.2, 0.25) is 10.0 Å². The Morgan fingerprint density at radius 2 is 1.68 bits per heavy atom. The summed E-state index contributed by atoms with van der Waals surface area (Å²) in [6.45, 7) is 1.35. The number of benzene rings is 2. The van der Waals surface area contributed by atoms with E-state index in [9.17, 15) is 12.8 Å². The van der Waals surface area contributed by atoms with Crippen LogP contribution in [0, 0.1) is 11.7 Å². The summed E-state index contributed by atoms with van der Waals surface area (Å²) in [6.07, 6.45) is 5.02. The lowest BCUT2D eigenvalue weighted by molar-refractivity contribution is 0.149. The molecule has 3 unspecified atom stereocenters. The zero-order valence-corrected chi connectivity index (χ0v) is 16.7. The highest BCUT2D eigenvalue weighted by molar-refractivity contribution is 7.89. The van der Waals surface area contributed by atoms with E-state index in [2.05, 4.69) is 0 Å². The number of hydrogen-bond acceptors (Lipinski definition) is 2. The molecule has 2 saturated heterocycles. The topological polar surface area (TPSA) is 51.5 Å². The van der Waals surface area contributed by atoms with E-state index in [0.717, 1.165) is 44.2 Å². The molecule has 0 bridgehead atoms. The predicted octanol–water partition coefficient (Wildman–Crippen LogP) is 4.12. The number of piperidine rings is 2. The molecule has 2 aromatic carbocycles. The summed E-state index contributed by atoms with van der Waals surface area (Å²) < 4.78 is 42.0. The molecule has 2 aliphatic rings. The van der Waals surface area contributed by atoms with Gasteiger partial charge in [0.25, 0.3) is 0 Å². The lowest BCUT2D eigenvalue weighted by Crippen LogP contribution is -2.48. The van der Waals surface area contributed by atoms with Gasteiger partial charge >= 0.3 is 0 Å². The lowest BCUT2D eigenvalue weighted by Gasteiger charge is -2.42. The standard InChI is InChI=1S/C22H26FN2O2S/c23-19-12-9-17(10-13-19)22-14-11-18(21-8-4-5-15-24-21)16-25(22)28(26,27)20-6-2-1-3-7-20/h1-3,6-7,9-10,12-13,18,21-22H,4-5,8,11,14-16H2. The Morgan fingerprint density at radius 3 is 2.36 bits per heavy atom. The van der Waals surface area contributed by atoms with E-state index in [1.165, 1.54) is 12.1 Å². The van der Waals surface area contributed by atoms with E-state index in [1.54, 1.807) is 40.7 Å². The zero-order chi connectivity index (χ0) is 19.6. The Balaban J connectivity index is 1.67. The molecule has 2 fully saturated rings. The summed E-state index contributed by atoms with van der Waals surface area (Å²) >= 11 is 0. The number of rotatable bonds is 4. The maximum Gasteiger partial charge on any atom is 0.243 e. The van der Waals surface area contributed by atoms with Crippen molar-refractivity contribution in [3.05, 3.63) is 66.0 Å². The van der Waals surface area contributed by atoms with E-state index >= 15 is 0 Å². The fourth-order valence-corrected chi connectivity index (χ4v) is 6.21. The Bertz CT molecular complexity index is 881. The highest BCUT2D eigenvalue weighted by Gasteiger charge is 2.40. The average molecular weight is 402 g/mol. The Hall–Kier alpha value is -1.76. The summed E-state index contributed by atoms with van der Waals surface area (Å²) in [5.41, 5.74) is 0.847. The third kappa shape index (κ3) is 4.00. The monoisotopic (exact) mass is 401 g/mol. The summed E-state index contributed by atoms with van der Waals surface area (Å²) in [5, 5.41) is 4.78.